The van der Waals surface area contributed by atoms with Gasteiger partial charge in [-0.1, -0.05) is 23.7 Å². The van der Waals surface area contributed by atoms with Crippen molar-refractivity contribution in [2.45, 2.75) is 6.92 Å². The molecule has 5 heteroatoms. The van der Waals surface area contributed by atoms with Crippen LogP contribution in [0.1, 0.15) is 6.92 Å². The quantitative estimate of drug-likeness (QED) is 0.302. The van der Waals surface area contributed by atoms with E-state index in [-0.39, 0.29) is 0 Å². The van der Waals surface area contributed by atoms with E-state index < -0.39 is 0 Å². The minimum atomic E-state index is 0.501. The molecule has 0 spiro atoms. The second-order valence-electron chi connectivity index (χ2n) is 2.57. The minimum absolute atomic E-state index is 0.501. The monoisotopic (exact) mass is 212 g/mol. The molecule has 0 aliphatic heterocycles. The first-order valence-corrected chi connectivity index (χ1v) is 4.68. The first kappa shape index (κ1) is 10.8. The van der Waals surface area contributed by atoms with Crippen molar-refractivity contribution >= 4 is 23.2 Å². The van der Waals surface area contributed by atoms with Crippen molar-refractivity contribution in [1.29, 1.82) is 0 Å². The van der Waals surface area contributed by atoms with Gasteiger partial charge in [-0.2, -0.15) is 0 Å². The molecule has 0 bridgehead atoms. The molecule has 1 rings (SSSR count). The van der Waals surface area contributed by atoms with Crippen molar-refractivity contribution in [3.63, 3.8) is 0 Å². The van der Waals surface area contributed by atoms with Crippen LogP contribution in [-0.4, -0.2) is 12.5 Å². The Morgan fingerprint density at radius 1 is 1.50 bits per heavy atom. The maximum absolute atomic E-state index is 5.94. The van der Waals surface area contributed by atoms with Crippen LogP contribution in [0.3, 0.4) is 0 Å². The summed E-state index contributed by atoms with van der Waals surface area (Å²) in [5, 5.41) is 3.61. The molecule has 14 heavy (non-hydrogen) atoms. The number of para-hydroxylation sites is 1. The number of benzene rings is 1. The summed E-state index contributed by atoms with van der Waals surface area (Å²) in [6.45, 7) is 2.57. The van der Waals surface area contributed by atoms with Gasteiger partial charge in [-0.3, -0.25) is 10.4 Å². The molecular formula is C9H13ClN4. The Balaban J connectivity index is 2.77. The normalized spacial score (nSPS) is 11.2. The second-order valence-corrected chi connectivity index (χ2v) is 2.98. The summed E-state index contributed by atoms with van der Waals surface area (Å²) < 4.78 is 0. The molecule has 1 aromatic rings. The number of hydrogen-bond donors (Lipinski definition) is 3. The lowest BCUT2D eigenvalue weighted by Crippen LogP contribution is -2.36. The van der Waals surface area contributed by atoms with Gasteiger partial charge in [0.15, 0.2) is 0 Å². The van der Waals surface area contributed by atoms with E-state index in [0.29, 0.717) is 17.5 Å². The van der Waals surface area contributed by atoms with Gasteiger partial charge in [0.25, 0.3) is 0 Å². The highest BCUT2D eigenvalue weighted by atomic mass is 35.5. The average Bonchev–Trinajstić information content (AvgIpc) is 2.20. The predicted octanol–water partition coefficient (Wildman–Crippen LogP) is 1.59. The fourth-order valence-corrected chi connectivity index (χ4v) is 1.15. The van der Waals surface area contributed by atoms with Crippen LogP contribution in [0.15, 0.2) is 29.3 Å². The predicted molar refractivity (Wildman–Crippen MR) is 60.4 cm³/mol. The number of nitrogens with two attached hydrogens (primary N) is 1. The van der Waals surface area contributed by atoms with Gasteiger partial charge < -0.3 is 5.32 Å². The number of nitrogens with one attached hydrogen (secondary N) is 2. The third kappa shape index (κ3) is 2.90. The van der Waals surface area contributed by atoms with E-state index >= 15 is 0 Å². The molecule has 0 unspecified atom stereocenters. The minimum Gasteiger partial charge on any atom is -0.324 e. The molecule has 0 saturated heterocycles. The van der Waals surface area contributed by atoms with Gasteiger partial charge >= 0.3 is 0 Å². The van der Waals surface area contributed by atoms with E-state index in [1.54, 1.807) is 6.07 Å². The van der Waals surface area contributed by atoms with E-state index in [9.17, 15) is 0 Å². The number of aliphatic imine (C=N–C) groups is 1. The molecule has 0 heterocycles. The fourth-order valence-electron chi connectivity index (χ4n) is 0.970. The van der Waals surface area contributed by atoms with E-state index in [0.717, 1.165) is 5.69 Å². The first-order chi connectivity index (χ1) is 6.77. The van der Waals surface area contributed by atoms with Crippen LogP contribution in [0.25, 0.3) is 0 Å². The zero-order valence-corrected chi connectivity index (χ0v) is 8.67. The molecule has 4 N–H and O–H groups in total. The Bertz CT molecular complexity index is 324. The van der Waals surface area contributed by atoms with Crippen LogP contribution >= 0.6 is 11.6 Å². The number of nitrogens with zero attached hydrogens (tertiary/aromatic N) is 1. The number of guanidine groups is 1. The molecule has 76 valence electrons. The molecule has 0 radical (unpaired) electrons. The van der Waals surface area contributed by atoms with Gasteiger partial charge in [0.1, 0.15) is 0 Å². The maximum atomic E-state index is 5.94. The standard InChI is InChI=1S/C9H13ClN4/c1-2-12-9(14-11)13-8-6-4-3-5-7(8)10/h3-6H,2,11H2,1H3,(H2,12,13,14). The van der Waals surface area contributed by atoms with Crippen LogP contribution in [0, 0.1) is 0 Å². The van der Waals surface area contributed by atoms with Crippen LogP contribution < -0.4 is 16.6 Å². The topological polar surface area (TPSA) is 62.4 Å². The third-order valence-corrected chi connectivity index (χ3v) is 1.91. The molecule has 1 aromatic carbocycles. The highest BCUT2D eigenvalue weighted by Gasteiger charge is 2.00. The van der Waals surface area contributed by atoms with Crippen molar-refractivity contribution in [2.75, 3.05) is 11.9 Å². The lowest BCUT2D eigenvalue weighted by atomic mass is 10.3. The molecule has 0 aliphatic carbocycles. The van der Waals surface area contributed by atoms with Gasteiger partial charge in [-0.15, -0.1) is 0 Å². The average molecular weight is 213 g/mol. The molecule has 0 saturated carbocycles. The second kappa shape index (κ2) is 5.47. The molecule has 0 fully saturated rings. The largest absolute Gasteiger partial charge is 0.324 e. The summed E-state index contributed by atoms with van der Waals surface area (Å²) in [6, 6.07) is 7.39. The molecule has 4 nitrogen and oxygen atoms in total. The lowest BCUT2D eigenvalue weighted by molar-refractivity contribution is 0.986. The summed E-state index contributed by atoms with van der Waals surface area (Å²) in [4.78, 5) is 4.09. The molecule has 0 aliphatic rings. The van der Waals surface area contributed by atoms with Gasteiger partial charge in [-0.05, 0) is 19.1 Å². The Kier molecular flexibility index (Phi) is 4.22. The Morgan fingerprint density at radius 3 is 2.79 bits per heavy atom. The van der Waals surface area contributed by atoms with E-state index in [4.69, 9.17) is 17.4 Å². The Labute approximate surface area is 88.1 Å². The zero-order valence-electron chi connectivity index (χ0n) is 7.92. The van der Waals surface area contributed by atoms with Gasteiger partial charge in [0, 0.05) is 6.54 Å². The SMILES string of the molecule is CCN=C(NN)Nc1ccccc1Cl. The summed E-state index contributed by atoms with van der Waals surface area (Å²) in [7, 11) is 0. The van der Waals surface area contributed by atoms with E-state index in [1.165, 1.54) is 0 Å². The number of rotatable bonds is 2. The molecule has 0 atom stereocenters. The maximum Gasteiger partial charge on any atom is 0.210 e. The van der Waals surface area contributed by atoms with Crippen molar-refractivity contribution in [3.8, 4) is 0 Å². The zero-order chi connectivity index (χ0) is 10.4. The van der Waals surface area contributed by atoms with Crippen molar-refractivity contribution in [1.82, 2.24) is 5.43 Å². The fraction of sp³-hybridized carbons (Fsp3) is 0.222. The van der Waals surface area contributed by atoms with E-state index in [1.807, 2.05) is 25.1 Å². The van der Waals surface area contributed by atoms with Gasteiger partial charge in [0.05, 0.1) is 10.7 Å². The van der Waals surface area contributed by atoms with Crippen molar-refractivity contribution in [3.05, 3.63) is 29.3 Å². The van der Waals surface area contributed by atoms with Crippen LogP contribution in [-0.2, 0) is 0 Å². The highest BCUT2D eigenvalue weighted by Crippen LogP contribution is 2.19. The lowest BCUT2D eigenvalue weighted by Gasteiger charge is -2.09. The molecular weight excluding hydrogens is 200 g/mol. The van der Waals surface area contributed by atoms with Crippen molar-refractivity contribution < 1.29 is 0 Å². The Hall–Kier alpha value is -1.26. The third-order valence-electron chi connectivity index (χ3n) is 1.58. The van der Waals surface area contributed by atoms with Crippen molar-refractivity contribution in [2.24, 2.45) is 10.8 Å². The number of halogens is 1. The number of anilines is 1. The molecule has 0 aromatic heterocycles. The number of hydrogen-bond acceptors (Lipinski definition) is 2. The summed E-state index contributed by atoms with van der Waals surface area (Å²) in [5.41, 5.74) is 3.24. The highest BCUT2D eigenvalue weighted by molar-refractivity contribution is 6.33. The van der Waals surface area contributed by atoms with Gasteiger partial charge in [-0.25, -0.2) is 5.84 Å². The first-order valence-electron chi connectivity index (χ1n) is 4.30. The van der Waals surface area contributed by atoms with Crippen LogP contribution in [0.4, 0.5) is 5.69 Å². The van der Waals surface area contributed by atoms with Gasteiger partial charge in [0.2, 0.25) is 5.96 Å². The summed E-state index contributed by atoms with van der Waals surface area (Å²) in [5.74, 6) is 5.77. The Morgan fingerprint density at radius 2 is 2.21 bits per heavy atom. The molecule has 0 amide bonds. The van der Waals surface area contributed by atoms with E-state index in [2.05, 4.69) is 15.7 Å². The summed E-state index contributed by atoms with van der Waals surface area (Å²) >= 11 is 5.94. The summed E-state index contributed by atoms with van der Waals surface area (Å²) in [6.07, 6.45) is 0. The number of hydrazine groups is 1. The van der Waals surface area contributed by atoms with Crippen LogP contribution in [0.2, 0.25) is 5.02 Å². The van der Waals surface area contributed by atoms with Crippen LogP contribution in [0.5, 0.6) is 0 Å². The smallest absolute Gasteiger partial charge is 0.210 e.